The molecule has 28 heavy (non-hydrogen) atoms. The lowest BCUT2D eigenvalue weighted by Crippen LogP contribution is -2.19. The SMILES string of the molecule is Cc1c(C(C)NCc2ccnc3ccccc23)cnn1-c1ccc(F)cc1F. The second kappa shape index (κ2) is 7.48. The molecular formula is C22H20F2N4. The normalized spacial score (nSPS) is 12.4. The molecule has 0 bridgehead atoms. The van der Waals surface area contributed by atoms with Crippen LogP contribution in [-0.4, -0.2) is 14.8 Å². The van der Waals surface area contributed by atoms with Crippen LogP contribution in [0.15, 0.2) is 60.9 Å². The van der Waals surface area contributed by atoms with E-state index >= 15 is 0 Å². The molecule has 4 aromatic rings. The highest BCUT2D eigenvalue weighted by atomic mass is 19.1. The molecule has 0 fully saturated rings. The van der Waals surface area contributed by atoms with Gasteiger partial charge in [0.1, 0.15) is 11.5 Å². The highest BCUT2D eigenvalue weighted by molar-refractivity contribution is 5.81. The van der Waals surface area contributed by atoms with E-state index in [1.165, 1.54) is 16.8 Å². The number of halogens is 2. The van der Waals surface area contributed by atoms with Crippen molar-refractivity contribution in [3.63, 3.8) is 0 Å². The molecule has 0 aliphatic heterocycles. The fraction of sp³-hybridized carbons (Fsp3) is 0.182. The van der Waals surface area contributed by atoms with Crippen LogP contribution in [0.25, 0.3) is 16.6 Å². The average Bonchev–Trinajstić information content (AvgIpc) is 3.07. The van der Waals surface area contributed by atoms with E-state index in [2.05, 4.69) is 21.5 Å². The third-order valence-electron chi connectivity index (χ3n) is 4.99. The van der Waals surface area contributed by atoms with Crippen molar-refractivity contribution in [1.82, 2.24) is 20.1 Å². The summed E-state index contributed by atoms with van der Waals surface area (Å²) in [6, 6.07) is 13.5. The molecule has 1 unspecified atom stereocenters. The Hall–Kier alpha value is -3.12. The van der Waals surface area contributed by atoms with E-state index < -0.39 is 11.6 Å². The van der Waals surface area contributed by atoms with Gasteiger partial charge in [0.15, 0.2) is 5.82 Å². The van der Waals surface area contributed by atoms with Crippen LogP contribution < -0.4 is 5.32 Å². The first kappa shape index (κ1) is 18.3. The molecule has 0 spiro atoms. The summed E-state index contributed by atoms with van der Waals surface area (Å²) < 4.78 is 28.8. The summed E-state index contributed by atoms with van der Waals surface area (Å²) in [4.78, 5) is 4.39. The van der Waals surface area contributed by atoms with Gasteiger partial charge in [0.2, 0.25) is 0 Å². The highest BCUT2D eigenvalue weighted by Crippen LogP contribution is 2.23. The quantitative estimate of drug-likeness (QED) is 0.539. The van der Waals surface area contributed by atoms with Gasteiger partial charge in [-0.15, -0.1) is 0 Å². The third kappa shape index (κ3) is 3.39. The summed E-state index contributed by atoms with van der Waals surface area (Å²) in [6.07, 6.45) is 3.53. The van der Waals surface area contributed by atoms with E-state index in [0.29, 0.717) is 6.54 Å². The number of nitrogens with one attached hydrogen (secondary N) is 1. The second-order valence-corrected chi connectivity index (χ2v) is 6.78. The van der Waals surface area contributed by atoms with Crippen LogP contribution in [0.2, 0.25) is 0 Å². The van der Waals surface area contributed by atoms with E-state index in [-0.39, 0.29) is 11.7 Å². The zero-order chi connectivity index (χ0) is 19.7. The Balaban J connectivity index is 1.56. The molecule has 4 rings (SSSR count). The van der Waals surface area contributed by atoms with Crippen molar-refractivity contribution in [3.8, 4) is 5.69 Å². The molecule has 1 atom stereocenters. The van der Waals surface area contributed by atoms with Gasteiger partial charge in [-0.25, -0.2) is 13.5 Å². The minimum Gasteiger partial charge on any atom is -0.306 e. The molecule has 142 valence electrons. The summed E-state index contributed by atoms with van der Waals surface area (Å²) in [7, 11) is 0. The van der Waals surface area contributed by atoms with Gasteiger partial charge in [0.25, 0.3) is 0 Å². The molecule has 0 radical (unpaired) electrons. The van der Waals surface area contributed by atoms with Crippen LogP contribution in [0.3, 0.4) is 0 Å². The maximum absolute atomic E-state index is 14.1. The van der Waals surface area contributed by atoms with Gasteiger partial charge in [0, 0.05) is 41.5 Å². The van der Waals surface area contributed by atoms with Crippen molar-refractivity contribution in [2.45, 2.75) is 26.4 Å². The number of pyridine rings is 1. The van der Waals surface area contributed by atoms with Gasteiger partial charge in [-0.2, -0.15) is 5.10 Å². The standard InChI is InChI=1S/C22H20F2N4/c1-14(26-12-16-9-10-25-21-6-4-3-5-18(16)21)19-13-27-28(15(19)2)22-8-7-17(23)11-20(22)24/h3-11,13-14,26H,12H2,1-2H3. The van der Waals surface area contributed by atoms with Gasteiger partial charge in [-0.05, 0) is 43.7 Å². The summed E-state index contributed by atoms with van der Waals surface area (Å²) in [5.74, 6) is -1.24. The van der Waals surface area contributed by atoms with Gasteiger partial charge in [0.05, 0.1) is 11.7 Å². The third-order valence-corrected chi connectivity index (χ3v) is 4.99. The molecule has 0 amide bonds. The zero-order valence-corrected chi connectivity index (χ0v) is 15.7. The largest absolute Gasteiger partial charge is 0.306 e. The summed E-state index contributed by atoms with van der Waals surface area (Å²) >= 11 is 0. The average molecular weight is 378 g/mol. The van der Waals surface area contributed by atoms with Gasteiger partial charge in [-0.3, -0.25) is 4.98 Å². The van der Waals surface area contributed by atoms with E-state index in [0.717, 1.165) is 33.8 Å². The minimum atomic E-state index is -0.637. The van der Waals surface area contributed by atoms with Crippen LogP contribution in [0, 0.1) is 18.6 Å². The minimum absolute atomic E-state index is 0.00388. The number of hydrogen-bond acceptors (Lipinski definition) is 3. The first-order valence-corrected chi connectivity index (χ1v) is 9.10. The summed E-state index contributed by atoms with van der Waals surface area (Å²) in [6.45, 7) is 4.59. The lowest BCUT2D eigenvalue weighted by atomic mass is 10.1. The van der Waals surface area contributed by atoms with Gasteiger partial charge in [-0.1, -0.05) is 18.2 Å². The second-order valence-electron chi connectivity index (χ2n) is 6.78. The van der Waals surface area contributed by atoms with E-state index in [9.17, 15) is 8.78 Å². The predicted octanol–water partition coefficient (Wildman–Crippen LogP) is 4.86. The van der Waals surface area contributed by atoms with E-state index in [1.807, 2.05) is 44.3 Å². The fourth-order valence-corrected chi connectivity index (χ4v) is 3.43. The monoisotopic (exact) mass is 378 g/mol. The number of para-hydroxylation sites is 1. The summed E-state index contributed by atoms with van der Waals surface area (Å²) in [5, 5.41) is 8.92. The Morgan fingerprint density at radius 3 is 2.75 bits per heavy atom. The molecule has 0 aliphatic rings. The lowest BCUT2D eigenvalue weighted by molar-refractivity contribution is 0.567. The van der Waals surface area contributed by atoms with Crippen LogP contribution in [0.1, 0.15) is 29.8 Å². The number of fused-ring (bicyclic) bond motifs is 1. The van der Waals surface area contributed by atoms with Crippen molar-refractivity contribution < 1.29 is 8.78 Å². The Kier molecular flexibility index (Phi) is 4.88. The molecule has 6 heteroatoms. The van der Waals surface area contributed by atoms with Gasteiger partial charge < -0.3 is 5.32 Å². The molecule has 4 nitrogen and oxygen atoms in total. The topological polar surface area (TPSA) is 42.7 Å². The Bertz CT molecular complexity index is 1130. The van der Waals surface area contributed by atoms with Crippen LogP contribution >= 0.6 is 0 Å². The molecule has 2 aromatic carbocycles. The first-order valence-electron chi connectivity index (χ1n) is 9.10. The van der Waals surface area contributed by atoms with Crippen molar-refractivity contribution in [1.29, 1.82) is 0 Å². The molecular weight excluding hydrogens is 358 g/mol. The van der Waals surface area contributed by atoms with Crippen molar-refractivity contribution >= 4 is 10.9 Å². The molecule has 2 aromatic heterocycles. The Morgan fingerprint density at radius 1 is 1.11 bits per heavy atom. The zero-order valence-electron chi connectivity index (χ0n) is 15.7. The van der Waals surface area contributed by atoms with Crippen molar-refractivity contribution in [3.05, 3.63) is 89.4 Å². The lowest BCUT2D eigenvalue weighted by Gasteiger charge is -2.15. The van der Waals surface area contributed by atoms with Crippen LogP contribution in [0.5, 0.6) is 0 Å². The van der Waals surface area contributed by atoms with Crippen LogP contribution in [0.4, 0.5) is 8.78 Å². The molecule has 0 saturated carbocycles. The predicted molar refractivity (Wildman–Crippen MR) is 105 cm³/mol. The smallest absolute Gasteiger partial charge is 0.151 e. The number of benzene rings is 2. The van der Waals surface area contributed by atoms with Crippen molar-refractivity contribution in [2.75, 3.05) is 0 Å². The van der Waals surface area contributed by atoms with Crippen molar-refractivity contribution in [2.24, 2.45) is 0 Å². The Labute approximate surface area is 161 Å². The summed E-state index contributed by atoms with van der Waals surface area (Å²) in [5.41, 5.74) is 4.13. The number of hydrogen-bond donors (Lipinski definition) is 1. The van der Waals surface area contributed by atoms with E-state index in [1.54, 1.807) is 6.20 Å². The number of aromatic nitrogens is 3. The first-order chi connectivity index (χ1) is 13.5. The number of nitrogens with zero attached hydrogens (tertiary/aromatic N) is 3. The molecule has 0 saturated heterocycles. The van der Waals surface area contributed by atoms with E-state index in [4.69, 9.17) is 0 Å². The maximum atomic E-state index is 14.1. The maximum Gasteiger partial charge on any atom is 0.151 e. The molecule has 0 aliphatic carbocycles. The highest BCUT2D eigenvalue weighted by Gasteiger charge is 2.16. The number of rotatable bonds is 5. The molecule has 2 heterocycles. The Morgan fingerprint density at radius 2 is 1.93 bits per heavy atom. The van der Waals surface area contributed by atoms with Gasteiger partial charge >= 0.3 is 0 Å². The van der Waals surface area contributed by atoms with Crippen LogP contribution in [-0.2, 0) is 6.54 Å². The fourth-order valence-electron chi connectivity index (χ4n) is 3.43. The molecule has 1 N–H and O–H groups in total.